The van der Waals surface area contributed by atoms with E-state index in [1.165, 1.54) is 26.0 Å². The molecule has 10 heteroatoms. The van der Waals surface area contributed by atoms with Crippen LogP contribution in [0.25, 0.3) is 6.08 Å². The van der Waals surface area contributed by atoms with E-state index in [4.69, 9.17) is 14.2 Å². The molecule has 0 bridgehead atoms. The lowest BCUT2D eigenvalue weighted by Gasteiger charge is -2.15. The molecule has 244 valence electrons. The summed E-state index contributed by atoms with van der Waals surface area (Å²) < 4.78 is 16.4. The zero-order valence-corrected chi connectivity index (χ0v) is 27.7. The fourth-order valence-electron chi connectivity index (χ4n) is 4.37. The first-order valence-electron chi connectivity index (χ1n) is 15.2. The monoisotopic (exact) mass is 653 g/mol. The average molecular weight is 654 g/mol. The summed E-state index contributed by atoms with van der Waals surface area (Å²) in [6.45, 7) is 4.59. The van der Waals surface area contributed by atoms with Crippen LogP contribution in [0.1, 0.15) is 42.6 Å². The molecule has 9 nitrogen and oxygen atoms in total. The SMILES string of the molecule is CCCCOc1ccc(NC(=O)C(C)Sc2cccc(NC(=O)/C(=C\c3ccc(OC)c(OC)c3)NC(=O)c3ccccc3)c2)cc1. The van der Waals surface area contributed by atoms with Crippen LogP contribution in [0, 0.1) is 0 Å². The highest BCUT2D eigenvalue weighted by Crippen LogP contribution is 2.29. The van der Waals surface area contributed by atoms with Crippen molar-refractivity contribution in [3.63, 3.8) is 0 Å². The summed E-state index contributed by atoms with van der Waals surface area (Å²) in [6.07, 6.45) is 3.61. The van der Waals surface area contributed by atoms with E-state index in [1.807, 2.05) is 37.3 Å². The number of methoxy groups -OCH3 is 2. The Bertz CT molecular complexity index is 1690. The average Bonchev–Trinajstić information content (AvgIpc) is 3.09. The van der Waals surface area contributed by atoms with E-state index < -0.39 is 17.1 Å². The molecule has 0 aliphatic heterocycles. The second-order valence-electron chi connectivity index (χ2n) is 10.5. The lowest BCUT2D eigenvalue weighted by atomic mass is 10.1. The molecule has 0 aromatic heterocycles. The molecule has 3 amide bonds. The lowest BCUT2D eigenvalue weighted by molar-refractivity contribution is -0.115. The van der Waals surface area contributed by atoms with Gasteiger partial charge in [-0.2, -0.15) is 0 Å². The fourth-order valence-corrected chi connectivity index (χ4v) is 5.29. The van der Waals surface area contributed by atoms with Crippen LogP contribution in [-0.4, -0.2) is 43.8 Å². The van der Waals surface area contributed by atoms with Gasteiger partial charge in [-0.15, -0.1) is 11.8 Å². The Labute approximate surface area is 279 Å². The van der Waals surface area contributed by atoms with Crippen molar-refractivity contribution in [1.29, 1.82) is 0 Å². The maximum atomic E-state index is 13.6. The quantitative estimate of drug-likeness (QED) is 0.0695. The molecule has 0 radical (unpaired) electrons. The molecule has 0 aliphatic carbocycles. The minimum atomic E-state index is -0.529. The van der Waals surface area contributed by atoms with Gasteiger partial charge in [0.25, 0.3) is 11.8 Å². The minimum absolute atomic E-state index is 0.0265. The number of ether oxygens (including phenoxy) is 3. The summed E-state index contributed by atoms with van der Waals surface area (Å²) in [4.78, 5) is 40.3. The van der Waals surface area contributed by atoms with Gasteiger partial charge in [-0.3, -0.25) is 14.4 Å². The van der Waals surface area contributed by atoms with Crippen LogP contribution >= 0.6 is 11.8 Å². The summed E-state index contributed by atoms with van der Waals surface area (Å²) in [6, 6.07) is 28.3. The molecule has 1 atom stereocenters. The molecule has 1 unspecified atom stereocenters. The molecule has 47 heavy (non-hydrogen) atoms. The van der Waals surface area contributed by atoms with Crippen LogP contribution in [0.5, 0.6) is 17.2 Å². The number of rotatable bonds is 15. The Kier molecular flexibility index (Phi) is 12.9. The lowest BCUT2D eigenvalue weighted by Crippen LogP contribution is -2.30. The first kappa shape index (κ1) is 34.6. The molecular formula is C37H39N3O6S. The predicted molar refractivity (Wildman–Crippen MR) is 187 cm³/mol. The van der Waals surface area contributed by atoms with Crippen molar-refractivity contribution in [2.24, 2.45) is 0 Å². The molecule has 0 saturated heterocycles. The number of carbonyl (C=O) groups excluding carboxylic acids is 3. The number of thioether (sulfide) groups is 1. The van der Waals surface area contributed by atoms with Crippen molar-refractivity contribution in [2.75, 3.05) is 31.5 Å². The third-order valence-corrected chi connectivity index (χ3v) is 8.00. The maximum Gasteiger partial charge on any atom is 0.272 e. The van der Waals surface area contributed by atoms with Gasteiger partial charge in [0.1, 0.15) is 11.4 Å². The van der Waals surface area contributed by atoms with E-state index >= 15 is 0 Å². The highest BCUT2D eigenvalue weighted by molar-refractivity contribution is 8.00. The van der Waals surface area contributed by atoms with E-state index in [2.05, 4.69) is 22.9 Å². The van der Waals surface area contributed by atoms with E-state index in [-0.39, 0.29) is 11.6 Å². The topological polar surface area (TPSA) is 115 Å². The number of amides is 3. The van der Waals surface area contributed by atoms with E-state index in [0.29, 0.717) is 40.6 Å². The second-order valence-corrected chi connectivity index (χ2v) is 11.9. The molecule has 4 aromatic carbocycles. The smallest absolute Gasteiger partial charge is 0.272 e. The number of nitrogens with one attached hydrogen (secondary N) is 3. The summed E-state index contributed by atoms with van der Waals surface area (Å²) >= 11 is 1.36. The van der Waals surface area contributed by atoms with Crippen LogP contribution in [0.4, 0.5) is 11.4 Å². The molecule has 4 rings (SSSR count). The van der Waals surface area contributed by atoms with E-state index in [0.717, 1.165) is 23.5 Å². The Morgan fingerprint density at radius 3 is 2.26 bits per heavy atom. The fraction of sp³-hybridized carbons (Fsp3) is 0.216. The summed E-state index contributed by atoms with van der Waals surface area (Å²) in [5, 5.41) is 8.13. The number of anilines is 2. The molecule has 0 aliphatic rings. The normalized spacial score (nSPS) is 11.6. The first-order valence-corrected chi connectivity index (χ1v) is 16.1. The zero-order chi connectivity index (χ0) is 33.6. The van der Waals surface area contributed by atoms with Crippen molar-refractivity contribution < 1.29 is 28.6 Å². The Morgan fingerprint density at radius 2 is 1.55 bits per heavy atom. The third kappa shape index (κ3) is 10.4. The maximum absolute atomic E-state index is 13.6. The molecule has 0 heterocycles. The zero-order valence-electron chi connectivity index (χ0n) is 26.9. The Hall–Kier alpha value is -5.22. The Balaban J connectivity index is 1.45. The highest BCUT2D eigenvalue weighted by atomic mass is 32.2. The van der Waals surface area contributed by atoms with E-state index in [1.54, 1.807) is 72.8 Å². The molecule has 0 fully saturated rings. The van der Waals surface area contributed by atoms with Gasteiger partial charge in [0.05, 0.1) is 26.1 Å². The van der Waals surface area contributed by atoms with Gasteiger partial charge in [0, 0.05) is 21.8 Å². The number of hydrogen-bond donors (Lipinski definition) is 3. The van der Waals surface area contributed by atoms with Crippen LogP contribution in [0.15, 0.2) is 108 Å². The van der Waals surface area contributed by atoms with Crippen LogP contribution < -0.4 is 30.2 Å². The van der Waals surface area contributed by atoms with Crippen LogP contribution in [-0.2, 0) is 9.59 Å². The van der Waals surface area contributed by atoms with Crippen molar-refractivity contribution >= 4 is 46.9 Å². The van der Waals surface area contributed by atoms with Crippen molar-refractivity contribution in [1.82, 2.24) is 5.32 Å². The first-order chi connectivity index (χ1) is 22.8. The van der Waals surface area contributed by atoms with Gasteiger partial charge < -0.3 is 30.2 Å². The van der Waals surface area contributed by atoms with Gasteiger partial charge in [-0.1, -0.05) is 43.7 Å². The van der Waals surface area contributed by atoms with Gasteiger partial charge in [-0.05, 0) is 91.7 Å². The third-order valence-electron chi connectivity index (χ3n) is 6.91. The number of carbonyl (C=O) groups is 3. The number of unbranched alkanes of at least 4 members (excludes halogenated alkanes) is 1. The number of hydrogen-bond acceptors (Lipinski definition) is 7. The standard InChI is InChI=1S/C37H39N3O6S/c1-5-6-21-46-30-18-16-28(17-19-30)38-35(41)25(2)47-31-14-10-13-29(24-31)39-37(43)32(40-36(42)27-11-8-7-9-12-27)22-26-15-20-33(44-3)34(23-26)45-4/h7-20,22-25H,5-6,21H2,1-4H3,(H,38,41)(H,39,43)(H,40,42)/b32-22+. The highest BCUT2D eigenvalue weighted by Gasteiger charge is 2.18. The van der Waals surface area contributed by atoms with Gasteiger partial charge in [0.15, 0.2) is 11.5 Å². The van der Waals surface area contributed by atoms with Crippen LogP contribution in [0.3, 0.4) is 0 Å². The predicted octanol–water partition coefficient (Wildman–Crippen LogP) is 7.41. The van der Waals surface area contributed by atoms with Gasteiger partial charge in [-0.25, -0.2) is 0 Å². The van der Waals surface area contributed by atoms with Crippen molar-refractivity contribution in [3.05, 3.63) is 114 Å². The van der Waals surface area contributed by atoms with E-state index in [9.17, 15) is 14.4 Å². The molecule has 0 spiro atoms. The van der Waals surface area contributed by atoms with Crippen molar-refractivity contribution in [2.45, 2.75) is 36.8 Å². The molecule has 0 saturated carbocycles. The summed E-state index contributed by atoms with van der Waals surface area (Å²) in [5.41, 5.74) is 2.22. The largest absolute Gasteiger partial charge is 0.494 e. The summed E-state index contributed by atoms with van der Waals surface area (Å²) in [5.74, 6) is 0.652. The minimum Gasteiger partial charge on any atom is -0.494 e. The number of benzene rings is 4. The Morgan fingerprint density at radius 1 is 0.809 bits per heavy atom. The summed E-state index contributed by atoms with van der Waals surface area (Å²) in [7, 11) is 3.06. The van der Waals surface area contributed by atoms with Gasteiger partial charge in [0.2, 0.25) is 5.91 Å². The van der Waals surface area contributed by atoms with Crippen molar-refractivity contribution in [3.8, 4) is 17.2 Å². The molecular weight excluding hydrogens is 614 g/mol. The second kappa shape index (κ2) is 17.5. The van der Waals surface area contributed by atoms with Gasteiger partial charge >= 0.3 is 0 Å². The molecule has 4 aromatic rings. The van der Waals surface area contributed by atoms with Crippen LogP contribution in [0.2, 0.25) is 0 Å². The molecule has 3 N–H and O–H groups in total.